The lowest BCUT2D eigenvalue weighted by molar-refractivity contribution is -0.123. The normalized spacial score (nSPS) is 18.6. The van der Waals surface area contributed by atoms with Gasteiger partial charge in [0.2, 0.25) is 5.91 Å². The number of para-hydroxylation sites is 1. The van der Waals surface area contributed by atoms with E-state index in [0.717, 1.165) is 0 Å². The van der Waals surface area contributed by atoms with Crippen molar-refractivity contribution in [3.05, 3.63) is 23.8 Å². The van der Waals surface area contributed by atoms with Gasteiger partial charge < -0.3 is 20.7 Å². The molecule has 1 aromatic rings. The number of carbonyl (C=O) groups excluding carboxylic acids is 2. The number of benzene rings is 1. The highest BCUT2D eigenvalue weighted by atomic mass is 16.5. The maximum atomic E-state index is 11.9. The summed E-state index contributed by atoms with van der Waals surface area (Å²) in [6.07, 6.45) is 0.674. The molecule has 1 aliphatic rings. The Morgan fingerprint density at radius 2 is 2.30 bits per heavy atom. The molecule has 0 saturated carbocycles. The fraction of sp³-hybridized carbons (Fsp3) is 0.429. The lowest BCUT2D eigenvalue weighted by atomic mass is 10.1. The van der Waals surface area contributed by atoms with Crippen molar-refractivity contribution in [1.82, 2.24) is 5.32 Å². The molecule has 0 radical (unpaired) electrons. The minimum Gasteiger partial charge on any atom is -0.465 e. The summed E-state index contributed by atoms with van der Waals surface area (Å²) >= 11 is 0. The Balaban J connectivity index is 2.41. The van der Waals surface area contributed by atoms with E-state index in [9.17, 15) is 9.59 Å². The largest absolute Gasteiger partial charge is 0.465 e. The molecule has 108 valence electrons. The van der Waals surface area contributed by atoms with E-state index in [0.29, 0.717) is 36.4 Å². The van der Waals surface area contributed by atoms with Crippen molar-refractivity contribution in [2.24, 2.45) is 0 Å². The van der Waals surface area contributed by atoms with Crippen molar-refractivity contribution in [3.63, 3.8) is 0 Å². The average molecular weight is 277 g/mol. The third-order valence-electron chi connectivity index (χ3n) is 3.52. The highest BCUT2D eigenvalue weighted by Gasteiger charge is 2.30. The molecule has 1 amide bonds. The van der Waals surface area contributed by atoms with Gasteiger partial charge >= 0.3 is 5.97 Å². The van der Waals surface area contributed by atoms with Gasteiger partial charge in [0.1, 0.15) is 6.04 Å². The number of rotatable bonds is 3. The van der Waals surface area contributed by atoms with E-state index in [4.69, 9.17) is 10.5 Å². The Bertz CT molecular complexity index is 530. The molecule has 3 N–H and O–H groups in total. The SMILES string of the molecule is CCC1C(=O)NCCN1c1cccc(C(=O)OC)c1N. The summed E-state index contributed by atoms with van der Waals surface area (Å²) in [5.41, 5.74) is 7.46. The van der Waals surface area contributed by atoms with Crippen molar-refractivity contribution in [3.8, 4) is 0 Å². The van der Waals surface area contributed by atoms with Crippen LogP contribution in [0.1, 0.15) is 23.7 Å². The third-order valence-corrected chi connectivity index (χ3v) is 3.52. The van der Waals surface area contributed by atoms with Crippen molar-refractivity contribution < 1.29 is 14.3 Å². The maximum absolute atomic E-state index is 11.9. The lowest BCUT2D eigenvalue weighted by Gasteiger charge is -2.37. The summed E-state index contributed by atoms with van der Waals surface area (Å²) in [6, 6.07) is 4.93. The summed E-state index contributed by atoms with van der Waals surface area (Å²) in [4.78, 5) is 25.5. The fourth-order valence-corrected chi connectivity index (χ4v) is 2.50. The quantitative estimate of drug-likeness (QED) is 0.629. The molecule has 1 aliphatic heterocycles. The number of esters is 1. The van der Waals surface area contributed by atoms with E-state index >= 15 is 0 Å². The average Bonchev–Trinajstić information content (AvgIpc) is 2.46. The molecule has 6 heteroatoms. The van der Waals surface area contributed by atoms with Gasteiger partial charge in [0.15, 0.2) is 0 Å². The Hall–Kier alpha value is -2.24. The lowest BCUT2D eigenvalue weighted by Crippen LogP contribution is -2.55. The van der Waals surface area contributed by atoms with E-state index in [2.05, 4.69) is 5.32 Å². The molecule has 0 bridgehead atoms. The Morgan fingerprint density at radius 3 is 2.95 bits per heavy atom. The second-order valence-corrected chi connectivity index (χ2v) is 4.64. The van der Waals surface area contributed by atoms with E-state index < -0.39 is 5.97 Å². The number of anilines is 2. The smallest absolute Gasteiger partial charge is 0.340 e. The molecule has 0 aromatic heterocycles. The summed E-state index contributed by atoms with van der Waals surface area (Å²) in [5.74, 6) is -0.486. The topological polar surface area (TPSA) is 84.7 Å². The van der Waals surface area contributed by atoms with Crippen molar-refractivity contribution in [2.45, 2.75) is 19.4 Å². The molecule has 1 fully saturated rings. The van der Waals surface area contributed by atoms with Crippen LogP contribution in [0, 0.1) is 0 Å². The van der Waals surface area contributed by atoms with Gasteiger partial charge in [-0.25, -0.2) is 4.79 Å². The zero-order chi connectivity index (χ0) is 14.7. The standard InChI is InChI=1S/C14H19N3O3/c1-3-10-13(18)16-7-8-17(10)11-6-4-5-9(12(11)15)14(19)20-2/h4-6,10H,3,7-8,15H2,1-2H3,(H,16,18). The van der Waals surface area contributed by atoms with Gasteiger partial charge in [-0.05, 0) is 18.6 Å². The number of methoxy groups -OCH3 is 1. The molecular weight excluding hydrogens is 258 g/mol. The molecule has 6 nitrogen and oxygen atoms in total. The summed E-state index contributed by atoms with van der Waals surface area (Å²) in [7, 11) is 1.32. The first kappa shape index (κ1) is 14.2. The van der Waals surface area contributed by atoms with E-state index in [1.54, 1.807) is 12.1 Å². The van der Waals surface area contributed by atoms with Crippen LogP contribution < -0.4 is 16.0 Å². The number of nitrogens with one attached hydrogen (secondary N) is 1. The first-order chi connectivity index (χ1) is 9.60. The van der Waals surface area contributed by atoms with Gasteiger partial charge in [0.05, 0.1) is 24.0 Å². The van der Waals surface area contributed by atoms with E-state index in [1.807, 2.05) is 17.9 Å². The predicted octanol–water partition coefficient (Wildman–Crippen LogP) is 0.770. The first-order valence-corrected chi connectivity index (χ1v) is 6.61. The molecular formula is C14H19N3O3. The number of hydrogen-bond acceptors (Lipinski definition) is 5. The van der Waals surface area contributed by atoms with Crippen molar-refractivity contribution in [2.75, 3.05) is 30.8 Å². The van der Waals surface area contributed by atoms with Gasteiger partial charge in [-0.15, -0.1) is 0 Å². The summed E-state index contributed by atoms with van der Waals surface area (Å²) in [5, 5.41) is 2.84. The van der Waals surface area contributed by atoms with Gasteiger partial charge in [0, 0.05) is 13.1 Å². The van der Waals surface area contributed by atoms with Crippen LogP contribution in [0.15, 0.2) is 18.2 Å². The second-order valence-electron chi connectivity index (χ2n) is 4.64. The maximum Gasteiger partial charge on any atom is 0.340 e. The molecule has 0 aliphatic carbocycles. The van der Waals surface area contributed by atoms with Crippen LogP contribution in [-0.4, -0.2) is 38.1 Å². The van der Waals surface area contributed by atoms with Crippen LogP contribution in [0.2, 0.25) is 0 Å². The zero-order valence-corrected chi connectivity index (χ0v) is 11.7. The number of hydrogen-bond donors (Lipinski definition) is 2. The summed E-state index contributed by atoms with van der Waals surface area (Å²) < 4.78 is 4.72. The molecule has 1 aromatic carbocycles. The fourth-order valence-electron chi connectivity index (χ4n) is 2.50. The Kier molecular flexibility index (Phi) is 4.12. The van der Waals surface area contributed by atoms with Crippen LogP contribution in [0.5, 0.6) is 0 Å². The van der Waals surface area contributed by atoms with Crippen LogP contribution in [0.4, 0.5) is 11.4 Å². The number of nitrogen functional groups attached to an aromatic ring is 1. The molecule has 0 spiro atoms. The van der Waals surface area contributed by atoms with E-state index in [1.165, 1.54) is 7.11 Å². The van der Waals surface area contributed by atoms with Gasteiger partial charge in [-0.1, -0.05) is 13.0 Å². The van der Waals surface area contributed by atoms with Crippen molar-refractivity contribution >= 4 is 23.3 Å². The summed E-state index contributed by atoms with van der Waals surface area (Å²) in [6.45, 7) is 3.18. The van der Waals surface area contributed by atoms with E-state index in [-0.39, 0.29) is 11.9 Å². The molecule has 1 saturated heterocycles. The zero-order valence-electron chi connectivity index (χ0n) is 11.7. The minimum absolute atomic E-state index is 0.0124. The van der Waals surface area contributed by atoms with Crippen LogP contribution in [0.3, 0.4) is 0 Å². The van der Waals surface area contributed by atoms with Crippen LogP contribution in [0.25, 0.3) is 0 Å². The Labute approximate surface area is 117 Å². The van der Waals surface area contributed by atoms with Crippen molar-refractivity contribution in [1.29, 1.82) is 0 Å². The monoisotopic (exact) mass is 277 g/mol. The van der Waals surface area contributed by atoms with Gasteiger partial charge in [0.25, 0.3) is 0 Å². The number of ether oxygens (including phenoxy) is 1. The number of piperazine rings is 1. The van der Waals surface area contributed by atoms with Gasteiger partial charge in [-0.2, -0.15) is 0 Å². The first-order valence-electron chi connectivity index (χ1n) is 6.61. The molecule has 1 unspecified atom stereocenters. The predicted molar refractivity (Wildman–Crippen MR) is 76.6 cm³/mol. The van der Waals surface area contributed by atoms with Crippen LogP contribution in [-0.2, 0) is 9.53 Å². The van der Waals surface area contributed by atoms with Gasteiger partial charge in [-0.3, -0.25) is 4.79 Å². The second kappa shape index (κ2) is 5.81. The number of nitrogens with two attached hydrogens (primary N) is 1. The molecule has 1 heterocycles. The number of amides is 1. The highest BCUT2D eigenvalue weighted by Crippen LogP contribution is 2.30. The third kappa shape index (κ3) is 2.41. The molecule has 2 rings (SSSR count). The minimum atomic E-state index is -0.473. The number of nitrogens with zero attached hydrogens (tertiary/aromatic N) is 1. The number of carbonyl (C=O) groups is 2. The highest BCUT2D eigenvalue weighted by molar-refractivity contribution is 5.99. The molecule has 20 heavy (non-hydrogen) atoms. The Morgan fingerprint density at radius 1 is 1.55 bits per heavy atom. The molecule has 1 atom stereocenters. The van der Waals surface area contributed by atoms with Crippen LogP contribution >= 0.6 is 0 Å².